The second-order valence-electron chi connectivity index (χ2n) is 7.11. The summed E-state index contributed by atoms with van der Waals surface area (Å²) in [5, 5.41) is 2.94. The lowest BCUT2D eigenvalue weighted by atomic mass is 10.2. The number of aromatic nitrogens is 5. The van der Waals surface area contributed by atoms with Gasteiger partial charge in [0.15, 0.2) is 0 Å². The molecule has 0 saturated carbocycles. The maximum atomic E-state index is 12.9. The van der Waals surface area contributed by atoms with Crippen LogP contribution in [-0.2, 0) is 13.0 Å². The Morgan fingerprint density at radius 3 is 2.58 bits per heavy atom. The third-order valence-electron chi connectivity index (χ3n) is 5.07. The molecular weight excluding hydrogens is 388 g/mol. The molecule has 3 aromatic heterocycles. The number of amides is 1. The lowest BCUT2D eigenvalue weighted by Gasteiger charge is -2.09. The van der Waals surface area contributed by atoms with Crippen LogP contribution in [0.25, 0.3) is 22.4 Å². The molecule has 0 bridgehead atoms. The molecule has 152 valence electrons. The molecule has 3 heterocycles. The number of hydrogen-bond donors (Lipinski definition) is 2. The van der Waals surface area contributed by atoms with Crippen LogP contribution in [0, 0.1) is 0 Å². The smallest absolute Gasteiger partial charge is 0.276 e. The molecule has 0 radical (unpaired) electrons. The summed E-state index contributed by atoms with van der Waals surface area (Å²) in [5.41, 5.74) is 4.07. The Kier molecular flexibility index (Phi) is 4.98. The zero-order valence-corrected chi connectivity index (χ0v) is 16.7. The van der Waals surface area contributed by atoms with Gasteiger partial charge in [-0.15, -0.1) is 0 Å². The molecule has 0 atom stereocenters. The molecule has 31 heavy (non-hydrogen) atoms. The number of para-hydroxylation sites is 2. The number of nitrogens with zero attached hydrogens (tertiary/aromatic N) is 4. The highest BCUT2D eigenvalue weighted by Gasteiger charge is 2.16. The molecule has 0 unspecified atom stereocenters. The molecule has 0 aliphatic heterocycles. The zero-order valence-electron chi connectivity index (χ0n) is 16.7. The fourth-order valence-corrected chi connectivity index (χ4v) is 3.52. The molecule has 1 amide bonds. The normalized spacial score (nSPS) is 11.0. The van der Waals surface area contributed by atoms with Crippen LogP contribution in [0.2, 0.25) is 0 Å². The molecule has 5 aromatic rings. The van der Waals surface area contributed by atoms with E-state index in [0.717, 1.165) is 28.7 Å². The van der Waals surface area contributed by atoms with Gasteiger partial charge in [0.2, 0.25) is 5.95 Å². The van der Waals surface area contributed by atoms with Crippen molar-refractivity contribution in [3.8, 4) is 11.4 Å². The summed E-state index contributed by atoms with van der Waals surface area (Å²) in [5.74, 6) is 0.858. The number of fused-ring (bicyclic) bond motifs is 1. The third kappa shape index (κ3) is 3.93. The molecule has 7 nitrogen and oxygen atoms in total. The van der Waals surface area contributed by atoms with Gasteiger partial charge < -0.3 is 9.55 Å². The number of aryl methyl sites for hydroxylation is 2. The number of carbonyl (C=O) groups is 1. The van der Waals surface area contributed by atoms with Gasteiger partial charge in [0.1, 0.15) is 11.5 Å². The van der Waals surface area contributed by atoms with Crippen LogP contribution >= 0.6 is 0 Å². The Balaban J connectivity index is 1.41. The number of rotatable bonds is 6. The fourth-order valence-electron chi connectivity index (χ4n) is 3.52. The zero-order chi connectivity index (χ0) is 21.0. The standard InChI is InChI=1S/C24H20N6O/c31-23(20-16-26-22(27-20)17-8-2-1-3-9-17)29-24-28-19-11-4-5-12-21(19)30(24)15-13-18-10-6-7-14-25-18/h1-12,14,16H,13,15H2,(H,26,27)(H,28,29,31). The lowest BCUT2D eigenvalue weighted by Crippen LogP contribution is -2.17. The third-order valence-corrected chi connectivity index (χ3v) is 5.07. The van der Waals surface area contributed by atoms with E-state index in [4.69, 9.17) is 0 Å². The molecule has 0 fully saturated rings. The predicted octanol–water partition coefficient (Wildman–Crippen LogP) is 4.32. The maximum Gasteiger partial charge on any atom is 0.276 e. The average molecular weight is 408 g/mol. The van der Waals surface area contributed by atoms with Gasteiger partial charge in [0.05, 0.1) is 17.2 Å². The number of nitrogens with one attached hydrogen (secondary N) is 2. The first-order valence-electron chi connectivity index (χ1n) is 10.0. The molecule has 2 aromatic carbocycles. The highest BCUT2D eigenvalue weighted by Crippen LogP contribution is 2.21. The van der Waals surface area contributed by atoms with Crippen LogP contribution in [0.15, 0.2) is 85.2 Å². The number of aromatic amines is 1. The molecule has 5 rings (SSSR count). The second kappa shape index (κ2) is 8.23. The first kappa shape index (κ1) is 18.7. The van der Waals surface area contributed by atoms with Crippen LogP contribution < -0.4 is 5.32 Å². The lowest BCUT2D eigenvalue weighted by molar-refractivity contribution is 0.102. The highest BCUT2D eigenvalue weighted by atomic mass is 16.2. The summed E-state index contributed by atoms with van der Waals surface area (Å²) in [7, 11) is 0. The summed E-state index contributed by atoms with van der Waals surface area (Å²) in [6.45, 7) is 0.644. The Morgan fingerprint density at radius 1 is 0.935 bits per heavy atom. The van der Waals surface area contributed by atoms with Crippen molar-refractivity contribution in [1.29, 1.82) is 0 Å². The summed E-state index contributed by atoms with van der Waals surface area (Å²) in [6, 6.07) is 23.4. The van der Waals surface area contributed by atoms with Gasteiger partial charge in [-0.3, -0.25) is 15.1 Å². The van der Waals surface area contributed by atoms with E-state index < -0.39 is 0 Å². The maximum absolute atomic E-state index is 12.9. The Morgan fingerprint density at radius 2 is 1.74 bits per heavy atom. The topological polar surface area (TPSA) is 88.5 Å². The summed E-state index contributed by atoms with van der Waals surface area (Å²) in [4.78, 5) is 29.4. The molecule has 0 aliphatic rings. The summed E-state index contributed by atoms with van der Waals surface area (Å²) in [6.07, 6.45) is 4.05. The Hall–Kier alpha value is -4.26. The van der Waals surface area contributed by atoms with Gasteiger partial charge in [0.25, 0.3) is 5.91 Å². The van der Waals surface area contributed by atoms with Gasteiger partial charge in [-0.25, -0.2) is 9.97 Å². The predicted molar refractivity (Wildman–Crippen MR) is 120 cm³/mol. The fraction of sp³-hybridized carbons (Fsp3) is 0.0833. The molecule has 2 N–H and O–H groups in total. The first-order chi connectivity index (χ1) is 15.3. The molecule has 0 aliphatic carbocycles. The van der Waals surface area contributed by atoms with E-state index in [-0.39, 0.29) is 5.91 Å². The number of anilines is 1. The quantitative estimate of drug-likeness (QED) is 0.438. The van der Waals surface area contributed by atoms with Gasteiger partial charge in [-0.05, 0) is 24.3 Å². The number of imidazole rings is 2. The van der Waals surface area contributed by atoms with E-state index >= 15 is 0 Å². The van der Waals surface area contributed by atoms with E-state index in [0.29, 0.717) is 24.0 Å². The van der Waals surface area contributed by atoms with Crippen molar-refractivity contribution in [1.82, 2.24) is 24.5 Å². The summed E-state index contributed by atoms with van der Waals surface area (Å²) < 4.78 is 2.01. The van der Waals surface area contributed by atoms with E-state index in [9.17, 15) is 4.79 Å². The molecule has 7 heteroatoms. The number of hydrogen-bond acceptors (Lipinski definition) is 4. The van der Waals surface area contributed by atoms with Crippen LogP contribution in [0.3, 0.4) is 0 Å². The monoisotopic (exact) mass is 408 g/mol. The molecule has 0 saturated heterocycles. The molecular formula is C24H20N6O. The minimum absolute atomic E-state index is 0.288. The van der Waals surface area contributed by atoms with Crippen LogP contribution in [-0.4, -0.2) is 30.4 Å². The Bertz CT molecular complexity index is 1320. The summed E-state index contributed by atoms with van der Waals surface area (Å²) >= 11 is 0. The van der Waals surface area contributed by atoms with Gasteiger partial charge in [0, 0.05) is 30.4 Å². The minimum atomic E-state index is -0.288. The van der Waals surface area contributed by atoms with Gasteiger partial charge >= 0.3 is 0 Å². The van der Waals surface area contributed by atoms with Crippen molar-refractivity contribution in [3.63, 3.8) is 0 Å². The second-order valence-corrected chi connectivity index (χ2v) is 7.11. The van der Waals surface area contributed by atoms with Crippen molar-refractivity contribution >= 4 is 22.9 Å². The SMILES string of the molecule is O=C(Nc1nc2ccccc2n1CCc1ccccn1)c1cnc(-c2ccccc2)[nH]1. The average Bonchev–Trinajstić information content (AvgIpc) is 3.44. The Labute approximate surface area is 178 Å². The minimum Gasteiger partial charge on any atom is -0.334 e. The van der Waals surface area contributed by atoms with Crippen molar-refractivity contribution in [2.24, 2.45) is 0 Å². The van der Waals surface area contributed by atoms with Gasteiger partial charge in [-0.2, -0.15) is 0 Å². The molecule has 0 spiro atoms. The number of benzene rings is 2. The van der Waals surface area contributed by atoms with Crippen LogP contribution in [0.4, 0.5) is 5.95 Å². The van der Waals surface area contributed by atoms with Crippen LogP contribution in [0.5, 0.6) is 0 Å². The van der Waals surface area contributed by atoms with Crippen molar-refractivity contribution in [3.05, 3.63) is 96.6 Å². The van der Waals surface area contributed by atoms with E-state index in [1.807, 2.05) is 77.4 Å². The number of H-pyrrole nitrogens is 1. The highest BCUT2D eigenvalue weighted by molar-refractivity contribution is 6.03. The number of pyridine rings is 1. The van der Waals surface area contributed by atoms with Crippen molar-refractivity contribution in [2.75, 3.05) is 5.32 Å². The first-order valence-corrected chi connectivity index (χ1v) is 10.0. The van der Waals surface area contributed by atoms with E-state index in [2.05, 4.69) is 25.3 Å². The van der Waals surface area contributed by atoms with E-state index in [1.165, 1.54) is 0 Å². The van der Waals surface area contributed by atoms with Gasteiger partial charge in [-0.1, -0.05) is 48.5 Å². The largest absolute Gasteiger partial charge is 0.334 e. The van der Waals surface area contributed by atoms with E-state index in [1.54, 1.807) is 12.4 Å². The van der Waals surface area contributed by atoms with Crippen molar-refractivity contribution < 1.29 is 4.79 Å². The number of carbonyl (C=O) groups excluding carboxylic acids is 1. The van der Waals surface area contributed by atoms with Crippen molar-refractivity contribution in [2.45, 2.75) is 13.0 Å². The van der Waals surface area contributed by atoms with Crippen LogP contribution in [0.1, 0.15) is 16.2 Å².